The molecule has 2 aliphatic rings. The number of aromatic nitrogens is 2. The Morgan fingerprint density at radius 2 is 2.04 bits per heavy atom. The van der Waals surface area contributed by atoms with Crippen molar-refractivity contribution >= 4 is 0 Å². The maximum Gasteiger partial charge on any atom is 0.244 e. The molecule has 2 heterocycles. The van der Waals surface area contributed by atoms with Crippen LogP contribution in [0.2, 0.25) is 0 Å². The highest BCUT2D eigenvalue weighted by Crippen LogP contribution is 2.36. The summed E-state index contributed by atoms with van der Waals surface area (Å²) in [7, 11) is 1.77. The highest BCUT2D eigenvalue weighted by Gasteiger charge is 2.31. The van der Waals surface area contributed by atoms with E-state index in [0.29, 0.717) is 5.92 Å². The van der Waals surface area contributed by atoms with E-state index in [2.05, 4.69) is 41.0 Å². The number of ether oxygens (including phenoxy) is 1. The first-order valence-corrected chi connectivity index (χ1v) is 9.42. The Balaban J connectivity index is 1.57. The van der Waals surface area contributed by atoms with Crippen molar-refractivity contribution in [3.05, 3.63) is 40.5 Å². The van der Waals surface area contributed by atoms with Crippen LogP contribution in [-0.2, 0) is 19.4 Å². The van der Waals surface area contributed by atoms with Gasteiger partial charge >= 0.3 is 0 Å². The van der Waals surface area contributed by atoms with E-state index in [1.807, 2.05) is 0 Å². The number of hydrogen-bond acceptors (Lipinski definition) is 5. The van der Waals surface area contributed by atoms with Crippen molar-refractivity contribution in [1.82, 2.24) is 15.0 Å². The summed E-state index contributed by atoms with van der Waals surface area (Å²) >= 11 is 0. The molecule has 1 fully saturated rings. The Morgan fingerprint density at radius 1 is 1.24 bits per heavy atom. The van der Waals surface area contributed by atoms with Gasteiger partial charge in [0, 0.05) is 18.0 Å². The number of fused-ring (bicyclic) bond motifs is 1. The molecule has 2 aromatic rings. The van der Waals surface area contributed by atoms with E-state index in [4.69, 9.17) is 9.26 Å². The molecule has 1 saturated heterocycles. The van der Waals surface area contributed by atoms with Crippen LogP contribution in [0.4, 0.5) is 0 Å². The number of nitrogens with zero attached hydrogens (tertiary/aromatic N) is 3. The third kappa shape index (κ3) is 3.17. The van der Waals surface area contributed by atoms with Crippen molar-refractivity contribution in [3.63, 3.8) is 0 Å². The third-order valence-corrected chi connectivity index (χ3v) is 5.49. The van der Waals surface area contributed by atoms with Crippen LogP contribution in [0.25, 0.3) is 0 Å². The molecule has 0 spiro atoms. The van der Waals surface area contributed by atoms with Gasteiger partial charge in [-0.05, 0) is 55.8 Å². The summed E-state index contributed by atoms with van der Waals surface area (Å²) in [5.41, 5.74) is 4.22. The van der Waals surface area contributed by atoms with Crippen molar-refractivity contribution in [3.8, 4) is 5.75 Å². The Morgan fingerprint density at radius 3 is 2.76 bits per heavy atom. The average molecular weight is 341 g/mol. The molecular formula is C20H27N3O2. The van der Waals surface area contributed by atoms with Gasteiger partial charge in [0.2, 0.25) is 5.89 Å². The van der Waals surface area contributed by atoms with Crippen LogP contribution in [0.1, 0.15) is 73.5 Å². The van der Waals surface area contributed by atoms with Crippen LogP contribution in [0.15, 0.2) is 16.7 Å². The van der Waals surface area contributed by atoms with E-state index < -0.39 is 0 Å². The predicted molar refractivity (Wildman–Crippen MR) is 95.8 cm³/mol. The normalized spacial score (nSPS) is 20.4. The van der Waals surface area contributed by atoms with Crippen LogP contribution in [-0.4, -0.2) is 28.7 Å². The average Bonchev–Trinajstić information content (AvgIpc) is 3.33. The lowest BCUT2D eigenvalue weighted by molar-refractivity contribution is 0.199. The summed E-state index contributed by atoms with van der Waals surface area (Å²) in [4.78, 5) is 7.09. The number of hydrogen-bond donors (Lipinski definition) is 0. The van der Waals surface area contributed by atoms with Gasteiger partial charge in [-0.2, -0.15) is 4.98 Å². The minimum absolute atomic E-state index is 0.220. The smallest absolute Gasteiger partial charge is 0.244 e. The number of methoxy groups -OCH3 is 1. The molecule has 1 atom stereocenters. The first-order chi connectivity index (χ1) is 12.2. The molecule has 0 bridgehead atoms. The fraction of sp³-hybridized carbons (Fsp3) is 0.600. The second kappa shape index (κ2) is 6.79. The molecule has 25 heavy (non-hydrogen) atoms. The Kier molecular flexibility index (Phi) is 4.50. The number of aryl methyl sites for hydroxylation is 2. The van der Waals surface area contributed by atoms with E-state index in [1.54, 1.807) is 7.11 Å². The molecule has 5 heteroatoms. The molecule has 0 saturated carbocycles. The molecule has 1 aromatic heterocycles. The standard InChI is InChI=1S/C20H27N3O2/c1-13(2)19-21-20(25-22-19)17-8-5-9-23(17)12-16-10-14-6-4-7-15(14)11-18(16)24-3/h10-11,13,17H,4-9,12H2,1-3H3/t17-/m0/s1. The maximum absolute atomic E-state index is 5.68. The molecule has 0 unspecified atom stereocenters. The van der Waals surface area contributed by atoms with Crippen LogP contribution in [0, 0.1) is 0 Å². The SMILES string of the molecule is COc1cc2c(cc1CN1CCC[C@H]1c1nc(C(C)C)no1)CCC2. The Bertz CT molecular complexity index is 753. The molecular weight excluding hydrogens is 314 g/mol. The summed E-state index contributed by atoms with van der Waals surface area (Å²) in [5.74, 6) is 2.88. The molecule has 1 aliphatic carbocycles. The molecule has 1 aromatic carbocycles. The first kappa shape index (κ1) is 16.6. The van der Waals surface area contributed by atoms with E-state index >= 15 is 0 Å². The van der Waals surface area contributed by atoms with E-state index in [0.717, 1.165) is 43.4 Å². The fourth-order valence-electron chi connectivity index (χ4n) is 4.10. The van der Waals surface area contributed by atoms with Crippen LogP contribution < -0.4 is 4.74 Å². The lowest BCUT2D eigenvalue weighted by Gasteiger charge is -2.23. The van der Waals surface area contributed by atoms with Gasteiger partial charge in [-0.25, -0.2) is 0 Å². The molecule has 0 N–H and O–H groups in total. The van der Waals surface area contributed by atoms with Crippen LogP contribution >= 0.6 is 0 Å². The highest BCUT2D eigenvalue weighted by molar-refractivity contribution is 5.44. The largest absolute Gasteiger partial charge is 0.496 e. The van der Waals surface area contributed by atoms with Gasteiger partial charge in [0.15, 0.2) is 5.82 Å². The molecule has 5 nitrogen and oxygen atoms in total. The zero-order valence-corrected chi connectivity index (χ0v) is 15.4. The highest BCUT2D eigenvalue weighted by atomic mass is 16.5. The maximum atomic E-state index is 5.68. The Labute approximate surface area is 149 Å². The lowest BCUT2D eigenvalue weighted by atomic mass is 10.0. The molecule has 0 amide bonds. The summed E-state index contributed by atoms with van der Waals surface area (Å²) in [6, 6.07) is 4.81. The predicted octanol–water partition coefficient (Wildman–Crippen LogP) is 4.03. The van der Waals surface area contributed by atoms with Gasteiger partial charge in [-0.1, -0.05) is 25.1 Å². The van der Waals surface area contributed by atoms with Gasteiger partial charge in [0.25, 0.3) is 0 Å². The van der Waals surface area contributed by atoms with Gasteiger partial charge in [-0.15, -0.1) is 0 Å². The number of likely N-dealkylation sites (tertiary alicyclic amines) is 1. The minimum atomic E-state index is 0.220. The third-order valence-electron chi connectivity index (χ3n) is 5.49. The van der Waals surface area contributed by atoms with E-state index in [-0.39, 0.29) is 6.04 Å². The monoisotopic (exact) mass is 341 g/mol. The van der Waals surface area contributed by atoms with Gasteiger partial charge in [0.1, 0.15) is 5.75 Å². The molecule has 4 rings (SSSR count). The molecule has 1 aliphatic heterocycles. The quantitative estimate of drug-likeness (QED) is 0.822. The minimum Gasteiger partial charge on any atom is -0.496 e. The summed E-state index contributed by atoms with van der Waals surface area (Å²) < 4.78 is 11.3. The summed E-state index contributed by atoms with van der Waals surface area (Å²) in [5, 5.41) is 4.15. The van der Waals surface area contributed by atoms with Gasteiger partial charge < -0.3 is 9.26 Å². The number of rotatable bonds is 5. The van der Waals surface area contributed by atoms with Crippen molar-refractivity contribution in [1.29, 1.82) is 0 Å². The second-order valence-electron chi connectivity index (χ2n) is 7.56. The summed E-state index contributed by atoms with van der Waals surface area (Å²) in [6.07, 6.45) is 5.87. The van der Waals surface area contributed by atoms with Crippen LogP contribution in [0.3, 0.4) is 0 Å². The lowest BCUT2D eigenvalue weighted by Crippen LogP contribution is -2.23. The van der Waals surface area contributed by atoms with Gasteiger partial charge in [-0.3, -0.25) is 4.90 Å². The van der Waals surface area contributed by atoms with Gasteiger partial charge in [0.05, 0.1) is 13.2 Å². The second-order valence-corrected chi connectivity index (χ2v) is 7.56. The van der Waals surface area contributed by atoms with Crippen molar-refractivity contribution in [2.24, 2.45) is 0 Å². The van der Waals surface area contributed by atoms with Crippen LogP contribution in [0.5, 0.6) is 5.75 Å². The summed E-state index contributed by atoms with van der Waals surface area (Å²) in [6.45, 7) is 6.12. The van der Waals surface area contributed by atoms with Crippen molar-refractivity contribution in [2.75, 3.05) is 13.7 Å². The van der Waals surface area contributed by atoms with Crippen molar-refractivity contribution < 1.29 is 9.26 Å². The first-order valence-electron chi connectivity index (χ1n) is 9.42. The zero-order chi connectivity index (χ0) is 17.4. The number of benzene rings is 1. The van der Waals surface area contributed by atoms with E-state index in [9.17, 15) is 0 Å². The topological polar surface area (TPSA) is 51.4 Å². The zero-order valence-electron chi connectivity index (χ0n) is 15.4. The van der Waals surface area contributed by atoms with Crippen molar-refractivity contribution in [2.45, 2.75) is 64.5 Å². The van der Waals surface area contributed by atoms with E-state index in [1.165, 1.54) is 36.0 Å². The Hall–Kier alpha value is -1.88. The fourth-order valence-corrected chi connectivity index (χ4v) is 4.10. The molecule has 134 valence electrons. The molecule has 0 radical (unpaired) electrons.